The van der Waals surface area contributed by atoms with Crippen LogP contribution in [0.1, 0.15) is 25.3 Å². The number of nitrogens with one attached hydrogen (secondary N) is 3. The number of aliphatic hydroxyl groups excluding tert-OH is 1. The van der Waals surface area contributed by atoms with Gasteiger partial charge in [0.2, 0.25) is 17.7 Å². The van der Waals surface area contributed by atoms with Crippen LogP contribution in [0.4, 0.5) is 0 Å². The highest BCUT2D eigenvalue weighted by molar-refractivity contribution is 5.94. The zero-order chi connectivity index (χ0) is 26.5. The molecule has 35 heavy (non-hydrogen) atoms. The van der Waals surface area contributed by atoms with E-state index in [1.807, 2.05) is 0 Å². The van der Waals surface area contributed by atoms with E-state index in [4.69, 9.17) is 17.2 Å². The van der Waals surface area contributed by atoms with Gasteiger partial charge in [-0.1, -0.05) is 12.1 Å². The van der Waals surface area contributed by atoms with Crippen molar-refractivity contribution in [2.24, 2.45) is 22.2 Å². The van der Waals surface area contributed by atoms with Crippen molar-refractivity contribution in [1.82, 2.24) is 16.0 Å². The van der Waals surface area contributed by atoms with Crippen LogP contribution in [0.5, 0.6) is 5.75 Å². The van der Waals surface area contributed by atoms with E-state index in [2.05, 4.69) is 20.9 Å². The lowest BCUT2D eigenvalue weighted by Crippen LogP contribution is -2.57. The molecule has 0 saturated heterocycles. The third-order valence-electron chi connectivity index (χ3n) is 4.86. The maximum atomic E-state index is 12.5. The summed E-state index contributed by atoms with van der Waals surface area (Å²) in [6.45, 7) is 0.835. The zero-order valence-electron chi connectivity index (χ0n) is 19.3. The minimum absolute atomic E-state index is 0.000767. The van der Waals surface area contributed by atoms with Crippen LogP contribution < -0.4 is 33.2 Å². The number of carboxylic acid groups (broad SMARTS) is 1. The molecule has 0 aliphatic heterocycles. The number of aliphatic carboxylic acids is 1. The van der Waals surface area contributed by atoms with Crippen molar-refractivity contribution in [2.45, 2.75) is 50.4 Å². The van der Waals surface area contributed by atoms with Gasteiger partial charge < -0.3 is 48.5 Å². The van der Waals surface area contributed by atoms with Crippen LogP contribution in [0.2, 0.25) is 0 Å². The smallest absolute Gasteiger partial charge is 0.326 e. The van der Waals surface area contributed by atoms with Crippen molar-refractivity contribution in [1.29, 1.82) is 0 Å². The number of guanidine groups is 1. The van der Waals surface area contributed by atoms with Crippen molar-refractivity contribution in [3.63, 3.8) is 0 Å². The second-order valence-corrected chi connectivity index (χ2v) is 7.80. The highest BCUT2D eigenvalue weighted by Gasteiger charge is 2.28. The first-order valence-corrected chi connectivity index (χ1v) is 10.8. The summed E-state index contributed by atoms with van der Waals surface area (Å²) in [5.41, 5.74) is 16.7. The number of hydrogen-bond acceptors (Lipinski definition) is 8. The standard InChI is InChI=1S/C21H33N7O7/c1-11(26-18(32)14(22)3-2-8-25-21(23)24)17(31)28-16(10-29)19(33)27-15(20(34)35)9-12-4-6-13(30)7-5-12/h4-7,11,14-16,29-30H,2-3,8-10,22H2,1H3,(H,26,32)(H,27,33)(H,28,31)(H,34,35)(H4,23,24,25). The first kappa shape index (κ1) is 29.1. The van der Waals surface area contributed by atoms with Gasteiger partial charge in [0.25, 0.3) is 0 Å². The lowest BCUT2D eigenvalue weighted by molar-refractivity contribution is -0.142. The summed E-state index contributed by atoms with van der Waals surface area (Å²) in [7, 11) is 0. The number of carboxylic acids is 1. The van der Waals surface area contributed by atoms with Gasteiger partial charge in [-0.2, -0.15) is 0 Å². The van der Waals surface area contributed by atoms with Crippen LogP contribution in [0.3, 0.4) is 0 Å². The number of nitrogens with zero attached hydrogens (tertiary/aromatic N) is 1. The molecule has 14 heteroatoms. The highest BCUT2D eigenvalue weighted by atomic mass is 16.4. The summed E-state index contributed by atoms with van der Waals surface area (Å²) in [6, 6.07) is 0.908. The molecule has 1 aromatic rings. The largest absolute Gasteiger partial charge is 0.508 e. The molecular formula is C21H33N7O7. The second-order valence-electron chi connectivity index (χ2n) is 7.80. The molecule has 3 amide bonds. The molecular weight excluding hydrogens is 462 g/mol. The number of rotatable bonds is 14. The average molecular weight is 496 g/mol. The van der Waals surface area contributed by atoms with Gasteiger partial charge in [-0.25, -0.2) is 4.79 Å². The molecule has 0 heterocycles. The second kappa shape index (κ2) is 14.4. The van der Waals surface area contributed by atoms with E-state index < -0.39 is 54.5 Å². The van der Waals surface area contributed by atoms with Crippen molar-refractivity contribution >= 4 is 29.7 Å². The number of aromatic hydroxyl groups is 1. The normalized spacial score (nSPS) is 14.0. The van der Waals surface area contributed by atoms with E-state index >= 15 is 0 Å². The number of aliphatic hydroxyl groups is 1. The van der Waals surface area contributed by atoms with E-state index in [1.54, 1.807) is 0 Å². The van der Waals surface area contributed by atoms with Crippen molar-refractivity contribution < 1.29 is 34.5 Å². The lowest BCUT2D eigenvalue weighted by Gasteiger charge is -2.22. The Balaban J connectivity index is 2.63. The summed E-state index contributed by atoms with van der Waals surface area (Å²) in [5.74, 6) is -3.73. The fourth-order valence-electron chi connectivity index (χ4n) is 2.87. The lowest BCUT2D eigenvalue weighted by atomic mass is 10.1. The summed E-state index contributed by atoms with van der Waals surface area (Å²) in [5, 5.41) is 35.2. The van der Waals surface area contributed by atoms with E-state index in [0.29, 0.717) is 12.0 Å². The van der Waals surface area contributed by atoms with Crippen LogP contribution in [-0.2, 0) is 25.6 Å². The Morgan fingerprint density at radius 3 is 2.11 bits per heavy atom. The maximum absolute atomic E-state index is 12.5. The Hall–Kier alpha value is -3.91. The number of phenolic OH excluding ortho intramolecular Hbond substituents is 1. The Kier molecular flexibility index (Phi) is 12.0. The molecule has 0 aliphatic rings. The van der Waals surface area contributed by atoms with Crippen molar-refractivity contribution in [3.05, 3.63) is 29.8 Å². The molecule has 194 valence electrons. The van der Waals surface area contributed by atoms with Gasteiger partial charge >= 0.3 is 5.97 Å². The Labute approximate surface area is 201 Å². The first-order chi connectivity index (χ1) is 16.4. The third-order valence-corrected chi connectivity index (χ3v) is 4.86. The highest BCUT2D eigenvalue weighted by Crippen LogP contribution is 2.11. The third kappa shape index (κ3) is 10.7. The zero-order valence-corrected chi connectivity index (χ0v) is 19.3. The molecule has 0 radical (unpaired) electrons. The minimum Gasteiger partial charge on any atom is -0.508 e. The van der Waals surface area contributed by atoms with Crippen molar-refractivity contribution in [2.75, 3.05) is 13.2 Å². The van der Waals surface area contributed by atoms with Crippen LogP contribution in [0.15, 0.2) is 29.3 Å². The topological polar surface area (TPSA) is 255 Å². The predicted octanol–water partition coefficient (Wildman–Crippen LogP) is -3.13. The summed E-state index contributed by atoms with van der Waals surface area (Å²) in [6.07, 6.45) is 0.603. The Morgan fingerprint density at radius 2 is 1.57 bits per heavy atom. The number of nitrogens with two attached hydrogens (primary N) is 3. The van der Waals surface area contributed by atoms with Crippen LogP contribution >= 0.6 is 0 Å². The molecule has 14 nitrogen and oxygen atoms in total. The number of carbonyl (C=O) groups is 4. The first-order valence-electron chi connectivity index (χ1n) is 10.8. The quantitative estimate of drug-likeness (QED) is 0.0712. The number of carbonyl (C=O) groups excluding carboxylic acids is 3. The minimum atomic E-state index is -1.46. The fraction of sp³-hybridized carbons (Fsp3) is 0.476. The van der Waals surface area contributed by atoms with Gasteiger partial charge in [-0.3, -0.25) is 19.4 Å². The Bertz CT molecular complexity index is 904. The van der Waals surface area contributed by atoms with Crippen LogP contribution in [-0.4, -0.2) is 82.3 Å². The molecule has 1 rings (SSSR count). The summed E-state index contributed by atoms with van der Waals surface area (Å²) < 4.78 is 0. The molecule has 4 atom stereocenters. The number of hydrogen-bond donors (Lipinski definition) is 9. The number of phenols is 1. The molecule has 0 bridgehead atoms. The molecule has 1 aromatic carbocycles. The van der Waals surface area contributed by atoms with E-state index in [1.165, 1.54) is 31.2 Å². The fourth-order valence-corrected chi connectivity index (χ4v) is 2.87. The van der Waals surface area contributed by atoms with E-state index in [9.17, 15) is 34.5 Å². The average Bonchev–Trinajstić information content (AvgIpc) is 2.80. The van der Waals surface area contributed by atoms with Gasteiger partial charge in [0.15, 0.2) is 5.96 Å². The monoisotopic (exact) mass is 495 g/mol. The summed E-state index contributed by atoms with van der Waals surface area (Å²) in [4.78, 5) is 52.4. The Morgan fingerprint density at radius 1 is 0.971 bits per heavy atom. The van der Waals surface area contributed by atoms with Crippen LogP contribution in [0.25, 0.3) is 0 Å². The number of amides is 3. The molecule has 0 fully saturated rings. The molecule has 4 unspecified atom stereocenters. The molecule has 0 aromatic heterocycles. The molecule has 0 aliphatic carbocycles. The number of benzene rings is 1. The van der Waals surface area contributed by atoms with Gasteiger partial charge in [-0.05, 0) is 37.5 Å². The molecule has 0 saturated carbocycles. The number of aliphatic imine (C=N–C) groups is 1. The SMILES string of the molecule is CC(NC(=O)C(N)CCCN=C(N)N)C(=O)NC(CO)C(=O)NC(Cc1ccc(O)cc1)C(=O)O. The van der Waals surface area contributed by atoms with Gasteiger partial charge in [-0.15, -0.1) is 0 Å². The van der Waals surface area contributed by atoms with E-state index in [0.717, 1.165) is 0 Å². The van der Waals surface area contributed by atoms with Crippen molar-refractivity contribution in [3.8, 4) is 5.75 Å². The molecule has 0 spiro atoms. The predicted molar refractivity (Wildman–Crippen MR) is 126 cm³/mol. The van der Waals surface area contributed by atoms with Crippen LogP contribution in [0, 0.1) is 0 Å². The van der Waals surface area contributed by atoms with Gasteiger partial charge in [0, 0.05) is 13.0 Å². The maximum Gasteiger partial charge on any atom is 0.326 e. The van der Waals surface area contributed by atoms with Gasteiger partial charge in [0.1, 0.15) is 23.9 Å². The summed E-state index contributed by atoms with van der Waals surface area (Å²) >= 11 is 0. The molecule has 12 N–H and O–H groups in total. The van der Waals surface area contributed by atoms with Gasteiger partial charge in [0.05, 0.1) is 12.6 Å². The van der Waals surface area contributed by atoms with E-state index in [-0.39, 0.29) is 31.1 Å².